The van der Waals surface area contributed by atoms with Crippen LogP contribution in [0.15, 0.2) is 48.5 Å². The van der Waals surface area contributed by atoms with Crippen molar-refractivity contribution in [1.82, 2.24) is 10.2 Å². The number of carbonyl (C=O) groups is 1. The third kappa shape index (κ3) is 5.29. The van der Waals surface area contributed by atoms with Gasteiger partial charge in [-0.25, -0.2) is 0 Å². The summed E-state index contributed by atoms with van der Waals surface area (Å²) in [6, 6.07) is 14.5. The van der Waals surface area contributed by atoms with Crippen molar-refractivity contribution < 1.29 is 14.5 Å². The number of ether oxygens (including phenoxy) is 1. The number of methoxy groups -OCH3 is 1. The summed E-state index contributed by atoms with van der Waals surface area (Å²) in [5.41, 5.74) is 1.64. The SMILES string of the molecule is COc1cccc(CN2CCC(NC(=O)Cc3ccccc3[N+](=O)[O-])CC2)c1. The largest absolute Gasteiger partial charge is 0.497 e. The molecule has 0 unspecified atom stereocenters. The van der Waals surface area contributed by atoms with Gasteiger partial charge in [-0.3, -0.25) is 19.8 Å². The van der Waals surface area contributed by atoms with Crippen molar-refractivity contribution in [1.29, 1.82) is 0 Å². The first-order chi connectivity index (χ1) is 13.5. The third-order valence-corrected chi connectivity index (χ3v) is 5.03. The zero-order valence-electron chi connectivity index (χ0n) is 16.0. The van der Waals surface area contributed by atoms with Gasteiger partial charge in [-0.05, 0) is 30.5 Å². The number of rotatable bonds is 7. The standard InChI is InChI=1S/C21H25N3O4/c1-28-19-7-4-5-16(13-19)15-23-11-9-18(10-12-23)22-21(25)14-17-6-2-3-8-20(17)24(26)27/h2-8,13,18H,9-12,14-15H2,1H3,(H,22,25). The third-order valence-electron chi connectivity index (χ3n) is 5.03. The number of hydrogen-bond acceptors (Lipinski definition) is 5. The zero-order valence-corrected chi connectivity index (χ0v) is 16.0. The molecule has 0 spiro atoms. The van der Waals surface area contributed by atoms with Gasteiger partial charge in [0, 0.05) is 37.3 Å². The fraction of sp³-hybridized carbons (Fsp3) is 0.381. The lowest BCUT2D eigenvalue weighted by atomic mass is 10.0. The molecule has 1 heterocycles. The number of nitro benzene ring substituents is 1. The second-order valence-electron chi connectivity index (χ2n) is 7.03. The van der Waals surface area contributed by atoms with Crippen LogP contribution in [0.5, 0.6) is 5.75 Å². The number of carbonyl (C=O) groups excluding carboxylic acids is 1. The molecule has 7 nitrogen and oxygen atoms in total. The maximum Gasteiger partial charge on any atom is 0.273 e. The van der Waals surface area contributed by atoms with Crippen LogP contribution in [-0.2, 0) is 17.8 Å². The Balaban J connectivity index is 1.47. The van der Waals surface area contributed by atoms with Crippen molar-refractivity contribution in [2.75, 3.05) is 20.2 Å². The van der Waals surface area contributed by atoms with Crippen molar-refractivity contribution in [3.8, 4) is 5.75 Å². The van der Waals surface area contributed by atoms with E-state index in [1.165, 1.54) is 11.6 Å². The van der Waals surface area contributed by atoms with E-state index in [1.807, 2.05) is 18.2 Å². The molecule has 2 aromatic rings. The van der Waals surface area contributed by atoms with Gasteiger partial charge in [-0.1, -0.05) is 30.3 Å². The topological polar surface area (TPSA) is 84.7 Å². The molecule has 2 aromatic carbocycles. The van der Waals surface area contributed by atoms with Gasteiger partial charge in [-0.15, -0.1) is 0 Å². The number of likely N-dealkylation sites (tertiary alicyclic amines) is 1. The van der Waals surface area contributed by atoms with Gasteiger partial charge in [-0.2, -0.15) is 0 Å². The first-order valence-electron chi connectivity index (χ1n) is 9.42. The number of hydrogen-bond donors (Lipinski definition) is 1. The lowest BCUT2D eigenvalue weighted by Crippen LogP contribution is -2.44. The Kier molecular flexibility index (Phi) is 6.60. The molecule has 1 aliphatic rings. The van der Waals surface area contributed by atoms with Crippen molar-refractivity contribution in [3.05, 3.63) is 69.8 Å². The molecule has 1 saturated heterocycles. The second-order valence-corrected chi connectivity index (χ2v) is 7.03. The summed E-state index contributed by atoms with van der Waals surface area (Å²) in [6.45, 7) is 2.65. The Morgan fingerprint density at radius 2 is 1.96 bits per heavy atom. The van der Waals surface area contributed by atoms with E-state index in [-0.39, 0.29) is 24.1 Å². The van der Waals surface area contributed by atoms with Crippen LogP contribution in [0.2, 0.25) is 0 Å². The van der Waals surface area contributed by atoms with Crippen molar-refractivity contribution in [2.45, 2.75) is 31.8 Å². The molecule has 1 fully saturated rings. The van der Waals surface area contributed by atoms with E-state index in [2.05, 4.69) is 16.3 Å². The lowest BCUT2D eigenvalue weighted by molar-refractivity contribution is -0.385. The average molecular weight is 383 g/mol. The molecule has 1 amide bonds. The maximum atomic E-state index is 12.3. The first-order valence-corrected chi connectivity index (χ1v) is 9.42. The van der Waals surface area contributed by atoms with Gasteiger partial charge in [0.25, 0.3) is 5.69 Å². The van der Waals surface area contributed by atoms with Gasteiger partial charge in [0.1, 0.15) is 5.75 Å². The van der Waals surface area contributed by atoms with E-state index in [1.54, 1.807) is 25.3 Å². The van der Waals surface area contributed by atoms with Gasteiger partial charge in [0.15, 0.2) is 0 Å². The summed E-state index contributed by atoms with van der Waals surface area (Å²) in [7, 11) is 1.66. The molecule has 0 radical (unpaired) electrons. The highest BCUT2D eigenvalue weighted by atomic mass is 16.6. The predicted molar refractivity (Wildman–Crippen MR) is 106 cm³/mol. The van der Waals surface area contributed by atoms with Crippen LogP contribution in [0, 0.1) is 10.1 Å². The predicted octanol–water partition coefficient (Wildman–Crippen LogP) is 2.93. The molecule has 1 aliphatic heterocycles. The van der Waals surface area contributed by atoms with E-state index in [0.29, 0.717) is 5.56 Å². The Labute approximate surface area is 164 Å². The van der Waals surface area contributed by atoms with E-state index < -0.39 is 4.92 Å². The first kappa shape index (κ1) is 19.8. The Morgan fingerprint density at radius 1 is 1.21 bits per heavy atom. The Bertz CT molecular complexity index is 832. The van der Waals surface area contributed by atoms with Crippen LogP contribution in [-0.4, -0.2) is 42.0 Å². The van der Waals surface area contributed by atoms with Crippen LogP contribution in [0.4, 0.5) is 5.69 Å². The van der Waals surface area contributed by atoms with E-state index >= 15 is 0 Å². The summed E-state index contributed by atoms with van der Waals surface area (Å²) in [5.74, 6) is 0.690. The van der Waals surface area contributed by atoms with Crippen LogP contribution in [0.3, 0.4) is 0 Å². The lowest BCUT2D eigenvalue weighted by Gasteiger charge is -2.32. The molecular formula is C21H25N3O4. The summed E-state index contributed by atoms with van der Waals surface area (Å²) in [5, 5.41) is 14.1. The highest BCUT2D eigenvalue weighted by molar-refractivity contribution is 5.80. The van der Waals surface area contributed by atoms with Crippen molar-refractivity contribution in [2.24, 2.45) is 0 Å². The summed E-state index contributed by atoms with van der Waals surface area (Å²) >= 11 is 0. The van der Waals surface area contributed by atoms with E-state index in [0.717, 1.165) is 38.2 Å². The molecule has 0 saturated carbocycles. The molecular weight excluding hydrogens is 358 g/mol. The van der Waals surface area contributed by atoms with Gasteiger partial charge in [0.05, 0.1) is 18.5 Å². The summed E-state index contributed by atoms with van der Waals surface area (Å²) in [4.78, 5) is 25.3. The minimum atomic E-state index is -0.445. The molecule has 1 N–H and O–H groups in total. The summed E-state index contributed by atoms with van der Waals surface area (Å²) in [6.07, 6.45) is 1.76. The van der Waals surface area contributed by atoms with Crippen LogP contribution >= 0.6 is 0 Å². The Hall–Kier alpha value is -2.93. The normalized spacial score (nSPS) is 15.2. The maximum absolute atomic E-state index is 12.3. The molecule has 7 heteroatoms. The minimum Gasteiger partial charge on any atom is -0.497 e. The Morgan fingerprint density at radius 3 is 2.68 bits per heavy atom. The fourth-order valence-corrected chi connectivity index (χ4v) is 3.55. The number of para-hydroxylation sites is 1. The van der Waals surface area contributed by atoms with Gasteiger partial charge < -0.3 is 10.1 Å². The molecule has 148 valence electrons. The monoisotopic (exact) mass is 383 g/mol. The van der Waals surface area contributed by atoms with Crippen LogP contribution in [0.1, 0.15) is 24.0 Å². The average Bonchev–Trinajstić information content (AvgIpc) is 2.70. The van der Waals surface area contributed by atoms with E-state index in [9.17, 15) is 14.9 Å². The van der Waals surface area contributed by atoms with Crippen LogP contribution in [0.25, 0.3) is 0 Å². The highest BCUT2D eigenvalue weighted by Gasteiger charge is 2.22. The van der Waals surface area contributed by atoms with Crippen molar-refractivity contribution >= 4 is 11.6 Å². The number of nitrogens with zero attached hydrogens (tertiary/aromatic N) is 2. The molecule has 0 aromatic heterocycles. The number of piperidine rings is 1. The molecule has 0 atom stereocenters. The number of benzene rings is 2. The molecule has 0 bridgehead atoms. The minimum absolute atomic E-state index is 0.00856. The second kappa shape index (κ2) is 9.32. The molecule has 0 aliphatic carbocycles. The molecule has 28 heavy (non-hydrogen) atoms. The van der Waals surface area contributed by atoms with Gasteiger partial charge >= 0.3 is 0 Å². The van der Waals surface area contributed by atoms with Crippen LogP contribution < -0.4 is 10.1 Å². The number of nitro groups is 1. The quantitative estimate of drug-likeness (QED) is 0.587. The smallest absolute Gasteiger partial charge is 0.273 e. The number of amides is 1. The zero-order chi connectivity index (χ0) is 19.9. The number of nitrogens with one attached hydrogen (secondary N) is 1. The molecule has 3 rings (SSSR count). The highest BCUT2D eigenvalue weighted by Crippen LogP contribution is 2.20. The van der Waals surface area contributed by atoms with Gasteiger partial charge in [0.2, 0.25) is 5.91 Å². The van der Waals surface area contributed by atoms with Crippen molar-refractivity contribution in [3.63, 3.8) is 0 Å². The summed E-state index contributed by atoms with van der Waals surface area (Å²) < 4.78 is 5.27. The fourth-order valence-electron chi connectivity index (χ4n) is 3.55. The van der Waals surface area contributed by atoms with E-state index in [4.69, 9.17) is 4.74 Å².